The summed E-state index contributed by atoms with van der Waals surface area (Å²) in [5.41, 5.74) is 10.4. The molecule has 0 aliphatic carbocycles. The monoisotopic (exact) mass is 447 g/mol. The zero-order valence-electron chi connectivity index (χ0n) is 17.6. The van der Waals surface area contributed by atoms with Gasteiger partial charge in [-0.3, -0.25) is 19.2 Å². The number of thioether (sulfide) groups is 1. The Bertz CT molecular complexity index is 618. The average molecular weight is 448 g/mol. The molecule has 0 aromatic heterocycles. The number of carboxylic acid groups (broad SMARTS) is 1. The van der Waals surface area contributed by atoms with Crippen LogP contribution in [-0.2, 0) is 24.0 Å². The van der Waals surface area contributed by atoms with Gasteiger partial charge in [-0.1, -0.05) is 20.3 Å². The summed E-state index contributed by atoms with van der Waals surface area (Å²) in [5, 5.41) is 16.7. The minimum Gasteiger partial charge on any atom is -0.480 e. The molecule has 8 N–H and O–H groups in total. The van der Waals surface area contributed by atoms with Crippen molar-refractivity contribution in [3.05, 3.63) is 0 Å². The van der Waals surface area contributed by atoms with Crippen LogP contribution < -0.4 is 27.4 Å². The Balaban J connectivity index is 5.43. The van der Waals surface area contributed by atoms with Gasteiger partial charge in [-0.2, -0.15) is 11.8 Å². The zero-order valence-corrected chi connectivity index (χ0v) is 18.4. The zero-order chi connectivity index (χ0) is 23.3. The maximum Gasteiger partial charge on any atom is 0.326 e. The fourth-order valence-electron chi connectivity index (χ4n) is 2.52. The van der Waals surface area contributed by atoms with Gasteiger partial charge in [0.25, 0.3) is 0 Å². The fraction of sp³-hybridized carbons (Fsp3) is 0.722. The molecule has 0 heterocycles. The van der Waals surface area contributed by atoms with Gasteiger partial charge in [0, 0.05) is 6.42 Å². The third-order valence-corrected chi connectivity index (χ3v) is 5.18. The van der Waals surface area contributed by atoms with Crippen molar-refractivity contribution in [1.82, 2.24) is 16.0 Å². The second-order valence-corrected chi connectivity index (χ2v) is 7.87. The molecule has 0 aromatic rings. The third-order valence-electron chi connectivity index (χ3n) is 4.53. The molecule has 0 bridgehead atoms. The van der Waals surface area contributed by atoms with E-state index in [-0.39, 0.29) is 31.7 Å². The highest BCUT2D eigenvalue weighted by atomic mass is 32.2. The second kappa shape index (κ2) is 14.6. The number of hydrogen-bond donors (Lipinski definition) is 6. The van der Waals surface area contributed by atoms with Crippen LogP contribution in [0, 0.1) is 5.92 Å². The molecule has 0 radical (unpaired) electrons. The van der Waals surface area contributed by atoms with Gasteiger partial charge >= 0.3 is 5.97 Å². The van der Waals surface area contributed by atoms with Crippen LogP contribution in [0.4, 0.5) is 0 Å². The highest BCUT2D eigenvalue weighted by molar-refractivity contribution is 7.98. The van der Waals surface area contributed by atoms with Gasteiger partial charge in [0.2, 0.25) is 23.6 Å². The number of carbonyl (C=O) groups excluding carboxylic acids is 4. The number of rotatable bonds is 15. The highest BCUT2D eigenvalue weighted by Crippen LogP contribution is 2.10. The van der Waals surface area contributed by atoms with Gasteiger partial charge in [-0.05, 0) is 30.8 Å². The summed E-state index contributed by atoms with van der Waals surface area (Å²) in [5.74, 6) is -3.53. The van der Waals surface area contributed by atoms with E-state index in [9.17, 15) is 29.1 Å². The molecular weight excluding hydrogens is 414 g/mol. The molecule has 0 saturated heterocycles. The molecule has 0 spiro atoms. The third kappa shape index (κ3) is 10.4. The Hall–Kier alpha value is -2.34. The van der Waals surface area contributed by atoms with E-state index in [0.29, 0.717) is 12.2 Å². The summed E-state index contributed by atoms with van der Waals surface area (Å²) >= 11 is 1.43. The summed E-state index contributed by atoms with van der Waals surface area (Å²) in [6, 6.07) is -3.27. The Kier molecular flexibility index (Phi) is 13.5. The number of carbonyl (C=O) groups is 5. The molecule has 4 unspecified atom stereocenters. The lowest BCUT2D eigenvalue weighted by atomic mass is 9.97. The Labute approximate surface area is 180 Å². The van der Waals surface area contributed by atoms with Crippen LogP contribution in [-0.4, -0.2) is 71.4 Å². The molecule has 0 aliphatic heterocycles. The Morgan fingerprint density at radius 1 is 1.00 bits per heavy atom. The number of hydrogen-bond acceptors (Lipinski definition) is 7. The molecule has 4 atom stereocenters. The maximum atomic E-state index is 12.8. The number of nitrogens with one attached hydrogen (secondary N) is 3. The fourth-order valence-corrected chi connectivity index (χ4v) is 2.99. The molecular formula is C18H33N5O6S. The van der Waals surface area contributed by atoms with Crippen molar-refractivity contribution in [2.24, 2.45) is 17.4 Å². The van der Waals surface area contributed by atoms with Crippen molar-refractivity contribution < 1.29 is 29.1 Å². The van der Waals surface area contributed by atoms with E-state index < -0.39 is 47.7 Å². The largest absolute Gasteiger partial charge is 0.480 e. The van der Waals surface area contributed by atoms with Crippen LogP contribution in [0.1, 0.15) is 39.5 Å². The van der Waals surface area contributed by atoms with E-state index in [2.05, 4.69) is 16.0 Å². The quantitative estimate of drug-likeness (QED) is 0.175. The van der Waals surface area contributed by atoms with E-state index in [0.717, 1.165) is 0 Å². The van der Waals surface area contributed by atoms with Gasteiger partial charge in [-0.25, -0.2) is 4.79 Å². The van der Waals surface area contributed by atoms with E-state index >= 15 is 0 Å². The predicted molar refractivity (Wildman–Crippen MR) is 113 cm³/mol. The number of primary amides is 1. The summed E-state index contributed by atoms with van der Waals surface area (Å²) in [6.07, 6.45) is 2.27. The smallest absolute Gasteiger partial charge is 0.326 e. The molecule has 0 rings (SSSR count). The summed E-state index contributed by atoms with van der Waals surface area (Å²) in [7, 11) is 0. The molecule has 12 heteroatoms. The van der Waals surface area contributed by atoms with Gasteiger partial charge in [0.1, 0.15) is 18.1 Å². The number of carboxylic acids is 1. The molecule has 0 fully saturated rings. The molecule has 30 heavy (non-hydrogen) atoms. The van der Waals surface area contributed by atoms with Crippen molar-refractivity contribution in [3.8, 4) is 0 Å². The molecule has 11 nitrogen and oxygen atoms in total. The summed E-state index contributed by atoms with van der Waals surface area (Å²) in [4.78, 5) is 59.7. The first-order chi connectivity index (χ1) is 14.1. The predicted octanol–water partition coefficient (Wildman–Crippen LogP) is -1.45. The molecule has 172 valence electrons. The molecule has 0 aromatic carbocycles. The first-order valence-electron chi connectivity index (χ1n) is 9.67. The SMILES string of the molecule is CCC(C)C(NC(=O)CN)C(=O)NC(CCC(N)=O)C(=O)NC(CCSC)C(=O)O. The van der Waals surface area contributed by atoms with Gasteiger partial charge in [-0.15, -0.1) is 0 Å². The Morgan fingerprint density at radius 3 is 2.07 bits per heavy atom. The maximum absolute atomic E-state index is 12.8. The lowest BCUT2D eigenvalue weighted by Gasteiger charge is -2.27. The van der Waals surface area contributed by atoms with E-state index in [1.54, 1.807) is 13.2 Å². The van der Waals surface area contributed by atoms with Crippen molar-refractivity contribution >= 4 is 41.4 Å². The summed E-state index contributed by atoms with van der Waals surface area (Å²) in [6.45, 7) is 3.28. The van der Waals surface area contributed by atoms with E-state index in [1.165, 1.54) is 11.8 Å². The molecule has 0 saturated carbocycles. The van der Waals surface area contributed by atoms with Crippen molar-refractivity contribution in [3.63, 3.8) is 0 Å². The van der Waals surface area contributed by atoms with Crippen LogP contribution in [0.5, 0.6) is 0 Å². The molecule has 0 aliphatic rings. The van der Waals surface area contributed by atoms with E-state index in [1.807, 2.05) is 6.92 Å². The van der Waals surface area contributed by atoms with Crippen molar-refractivity contribution in [2.45, 2.75) is 57.7 Å². The normalized spacial score (nSPS) is 14.7. The van der Waals surface area contributed by atoms with Crippen LogP contribution in [0.25, 0.3) is 0 Å². The van der Waals surface area contributed by atoms with Crippen molar-refractivity contribution in [2.75, 3.05) is 18.6 Å². The minimum atomic E-state index is -1.20. The van der Waals surface area contributed by atoms with Crippen LogP contribution in [0.3, 0.4) is 0 Å². The van der Waals surface area contributed by atoms with Crippen LogP contribution in [0.15, 0.2) is 0 Å². The average Bonchev–Trinajstić information content (AvgIpc) is 2.70. The molecule has 4 amide bonds. The van der Waals surface area contributed by atoms with Crippen molar-refractivity contribution in [1.29, 1.82) is 0 Å². The standard InChI is InChI=1S/C18H33N5O6S/c1-4-10(2)15(23-14(25)9-19)17(27)21-11(5-6-13(20)24)16(26)22-12(18(28)29)7-8-30-3/h10-12,15H,4-9,19H2,1-3H3,(H2,20,24)(H,21,27)(H,22,26)(H,23,25)(H,28,29). The second-order valence-electron chi connectivity index (χ2n) is 6.88. The first kappa shape index (κ1) is 27.7. The number of nitrogens with two attached hydrogens (primary N) is 2. The van der Waals surface area contributed by atoms with Crippen LogP contribution >= 0.6 is 11.8 Å². The minimum absolute atomic E-state index is 0.111. The summed E-state index contributed by atoms with van der Waals surface area (Å²) < 4.78 is 0. The lowest BCUT2D eigenvalue weighted by molar-refractivity contribution is -0.142. The number of amides is 4. The Morgan fingerprint density at radius 2 is 1.60 bits per heavy atom. The van der Waals surface area contributed by atoms with Crippen LogP contribution in [0.2, 0.25) is 0 Å². The van der Waals surface area contributed by atoms with Gasteiger partial charge in [0.15, 0.2) is 0 Å². The van der Waals surface area contributed by atoms with Gasteiger partial charge < -0.3 is 32.5 Å². The highest BCUT2D eigenvalue weighted by Gasteiger charge is 2.31. The first-order valence-corrected chi connectivity index (χ1v) is 11.1. The van der Waals surface area contributed by atoms with E-state index in [4.69, 9.17) is 11.5 Å². The number of aliphatic carboxylic acids is 1. The van der Waals surface area contributed by atoms with Gasteiger partial charge in [0.05, 0.1) is 6.54 Å². The lowest BCUT2D eigenvalue weighted by Crippen LogP contribution is -2.57. The topological polar surface area (TPSA) is 194 Å².